The van der Waals surface area contributed by atoms with Gasteiger partial charge in [-0.2, -0.15) is 8.78 Å². The van der Waals surface area contributed by atoms with Crippen LogP contribution in [0.3, 0.4) is 0 Å². The molecule has 2 aromatic carbocycles. The number of halogens is 3. The summed E-state index contributed by atoms with van der Waals surface area (Å²) >= 11 is 5.86. The lowest BCUT2D eigenvalue weighted by molar-refractivity contribution is -0.115. The number of para-hydroxylation sites is 1. The zero-order valence-corrected chi connectivity index (χ0v) is 13.1. The van der Waals surface area contributed by atoms with Gasteiger partial charge >= 0.3 is 6.61 Å². The Labute approximate surface area is 141 Å². The summed E-state index contributed by atoms with van der Waals surface area (Å²) in [7, 11) is 0. The molecule has 1 aromatic heterocycles. The molecule has 0 unspecified atom stereocenters. The standard InChI is InChI=1S/C17H13ClF2N2O2/c18-13-8-11(5-6-15(13)24-17(19)20)22-16(23)7-10-9-21-14-4-2-1-3-12(10)14/h1-6,8-9,17,21H,7H2,(H,22,23). The Morgan fingerprint density at radius 1 is 1.25 bits per heavy atom. The van der Waals surface area contributed by atoms with Crippen LogP contribution in [0.1, 0.15) is 5.56 Å². The van der Waals surface area contributed by atoms with Gasteiger partial charge in [-0.1, -0.05) is 29.8 Å². The second-order valence-electron chi connectivity index (χ2n) is 5.11. The van der Waals surface area contributed by atoms with E-state index in [-0.39, 0.29) is 23.1 Å². The smallest absolute Gasteiger partial charge is 0.387 e. The van der Waals surface area contributed by atoms with E-state index in [1.165, 1.54) is 18.2 Å². The zero-order valence-electron chi connectivity index (χ0n) is 12.4. The van der Waals surface area contributed by atoms with E-state index in [0.717, 1.165) is 16.5 Å². The fourth-order valence-electron chi connectivity index (χ4n) is 2.43. The second kappa shape index (κ2) is 6.88. The maximum absolute atomic E-state index is 12.2. The highest BCUT2D eigenvalue weighted by molar-refractivity contribution is 6.32. The molecular formula is C17H13ClF2N2O2. The summed E-state index contributed by atoms with van der Waals surface area (Å²) in [6.45, 7) is -2.95. The quantitative estimate of drug-likeness (QED) is 0.706. The van der Waals surface area contributed by atoms with Gasteiger partial charge in [0.05, 0.1) is 11.4 Å². The molecule has 124 valence electrons. The molecule has 0 fully saturated rings. The van der Waals surface area contributed by atoms with Crippen molar-refractivity contribution in [3.05, 3.63) is 59.2 Å². The summed E-state index contributed by atoms with van der Waals surface area (Å²) in [6, 6.07) is 11.8. The predicted molar refractivity (Wildman–Crippen MR) is 88.7 cm³/mol. The van der Waals surface area contributed by atoms with Gasteiger partial charge in [-0.15, -0.1) is 0 Å². The molecule has 7 heteroatoms. The first kappa shape index (κ1) is 16.3. The monoisotopic (exact) mass is 350 g/mol. The summed E-state index contributed by atoms with van der Waals surface area (Å²) < 4.78 is 28.7. The number of hydrogen-bond donors (Lipinski definition) is 2. The number of anilines is 1. The lowest BCUT2D eigenvalue weighted by Gasteiger charge is -2.09. The molecule has 24 heavy (non-hydrogen) atoms. The number of H-pyrrole nitrogens is 1. The van der Waals surface area contributed by atoms with Gasteiger partial charge in [0.25, 0.3) is 0 Å². The molecule has 1 amide bonds. The van der Waals surface area contributed by atoms with Crippen molar-refractivity contribution >= 4 is 34.1 Å². The maximum atomic E-state index is 12.2. The molecule has 3 aromatic rings. The van der Waals surface area contributed by atoms with Crippen LogP contribution in [0.5, 0.6) is 5.75 Å². The van der Waals surface area contributed by atoms with Gasteiger partial charge in [-0.05, 0) is 29.8 Å². The largest absolute Gasteiger partial charge is 0.433 e. The van der Waals surface area contributed by atoms with E-state index in [4.69, 9.17) is 11.6 Å². The van der Waals surface area contributed by atoms with E-state index in [1.54, 1.807) is 6.20 Å². The van der Waals surface area contributed by atoms with Crippen LogP contribution in [0.25, 0.3) is 10.9 Å². The third-order valence-corrected chi connectivity index (χ3v) is 3.75. The number of fused-ring (bicyclic) bond motifs is 1. The Balaban J connectivity index is 1.70. The maximum Gasteiger partial charge on any atom is 0.387 e. The van der Waals surface area contributed by atoms with E-state index in [2.05, 4.69) is 15.0 Å². The highest BCUT2D eigenvalue weighted by atomic mass is 35.5. The second-order valence-corrected chi connectivity index (χ2v) is 5.52. The minimum atomic E-state index is -2.95. The lowest BCUT2D eigenvalue weighted by Crippen LogP contribution is -2.14. The summed E-state index contributed by atoms with van der Waals surface area (Å²) in [5, 5.41) is 3.66. The first-order chi connectivity index (χ1) is 11.5. The molecule has 0 aliphatic rings. The van der Waals surface area contributed by atoms with Crippen molar-refractivity contribution in [2.24, 2.45) is 0 Å². The number of carbonyl (C=O) groups is 1. The van der Waals surface area contributed by atoms with Crippen LogP contribution in [0.2, 0.25) is 5.02 Å². The molecule has 0 saturated heterocycles. The van der Waals surface area contributed by atoms with Crippen molar-refractivity contribution in [2.45, 2.75) is 13.0 Å². The molecule has 4 nitrogen and oxygen atoms in total. The number of rotatable bonds is 5. The van der Waals surface area contributed by atoms with Gasteiger partial charge < -0.3 is 15.0 Å². The van der Waals surface area contributed by atoms with Crippen LogP contribution >= 0.6 is 11.6 Å². The van der Waals surface area contributed by atoms with Gasteiger partial charge in [0.15, 0.2) is 0 Å². The minimum absolute atomic E-state index is 0.000180. The van der Waals surface area contributed by atoms with Crippen molar-refractivity contribution in [1.29, 1.82) is 0 Å². The molecule has 0 saturated carbocycles. The summed E-state index contributed by atoms with van der Waals surface area (Å²) in [5.74, 6) is -0.375. The van der Waals surface area contributed by atoms with Crippen molar-refractivity contribution in [3.63, 3.8) is 0 Å². The summed E-state index contributed by atoms with van der Waals surface area (Å²) in [4.78, 5) is 15.3. The number of carbonyl (C=O) groups excluding carboxylic acids is 1. The van der Waals surface area contributed by atoms with Crippen LogP contribution in [0, 0.1) is 0 Å². The third-order valence-electron chi connectivity index (χ3n) is 3.46. The van der Waals surface area contributed by atoms with Crippen LogP contribution < -0.4 is 10.1 Å². The van der Waals surface area contributed by atoms with E-state index in [0.29, 0.717) is 5.69 Å². The van der Waals surface area contributed by atoms with Gasteiger partial charge in [0.1, 0.15) is 5.75 Å². The first-order valence-corrected chi connectivity index (χ1v) is 7.50. The van der Waals surface area contributed by atoms with E-state index >= 15 is 0 Å². The summed E-state index contributed by atoms with van der Waals surface area (Å²) in [6.07, 6.45) is 1.97. The zero-order chi connectivity index (χ0) is 17.1. The van der Waals surface area contributed by atoms with Crippen LogP contribution in [0.15, 0.2) is 48.7 Å². The van der Waals surface area contributed by atoms with E-state index in [9.17, 15) is 13.6 Å². The van der Waals surface area contributed by atoms with E-state index in [1.807, 2.05) is 24.3 Å². The highest BCUT2D eigenvalue weighted by Gasteiger charge is 2.12. The predicted octanol–water partition coefficient (Wildman–Crippen LogP) is 4.60. The molecule has 0 radical (unpaired) electrons. The Morgan fingerprint density at radius 2 is 2.04 bits per heavy atom. The average Bonchev–Trinajstić information content (AvgIpc) is 2.93. The summed E-state index contributed by atoms with van der Waals surface area (Å²) in [5.41, 5.74) is 2.23. The Kier molecular flexibility index (Phi) is 4.66. The van der Waals surface area contributed by atoms with Crippen LogP contribution in [-0.2, 0) is 11.2 Å². The molecule has 2 N–H and O–H groups in total. The van der Waals surface area contributed by atoms with Crippen molar-refractivity contribution in [3.8, 4) is 5.75 Å². The topological polar surface area (TPSA) is 54.1 Å². The number of hydrogen-bond acceptors (Lipinski definition) is 2. The molecule has 1 heterocycles. The lowest BCUT2D eigenvalue weighted by atomic mass is 10.1. The fraction of sp³-hybridized carbons (Fsp3) is 0.118. The van der Waals surface area contributed by atoms with Crippen molar-refractivity contribution in [2.75, 3.05) is 5.32 Å². The van der Waals surface area contributed by atoms with E-state index < -0.39 is 6.61 Å². The Bertz CT molecular complexity index is 880. The number of aromatic nitrogens is 1. The molecule has 0 atom stereocenters. The SMILES string of the molecule is O=C(Cc1c[nH]c2ccccc12)Nc1ccc(OC(F)F)c(Cl)c1. The first-order valence-electron chi connectivity index (χ1n) is 7.12. The number of ether oxygens (including phenoxy) is 1. The van der Waals surface area contributed by atoms with Crippen LogP contribution in [-0.4, -0.2) is 17.5 Å². The average molecular weight is 351 g/mol. The normalized spacial score (nSPS) is 11.0. The van der Waals surface area contributed by atoms with Gasteiger partial charge in [0, 0.05) is 22.8 Å². The number of alkyl halides is 2. The highest BCUT2D eigenvalue weighted by Crippen LogP contribution is 2.29. The number of benzene rings is 2. The van der Waals surface area contributed by atoms with Gasteiger partial charge in [0.2, 0.25) is 5.91 Å². The third kappa shape index (κ3) is 3.65. The number of nitrogens with one attached hydrogen (secondary N) is 2. The minimum Gasteiger partial charge on any atom is -0.433 e. The van der Waals surface area contributed by atoms with Crippen molar-refractivity contribution in [1.82, 2.24) is 4.98 Å². The molecule has 0 aliphatic carbocycles. The van der Waals surface area contributed by atoms with Gasteiger partial charge in [-0.3, -0.25) is 4.79 Å². The molecular weight excluding hydrogens is 338 g/mol. The Morgan fingerprint density at radius 3 is 2.79 bits per heavy atom. The number of amides is 1. The van der Waals surface area contributed by atoms with Gasteiger partial charge in [-0.25, -0.2) is 0 Å². The fourth-order valence-corrected chi connectivity index (χ4v) is 2.65. The van der Waals surface area contributed by atoms with Crippen molar-refractivity contribution < 1.29 is 18.3 Å². The van der Waals surface area contributed by atoms with Crippen LogP contribution in [0.4, 0.5) is 14.5 Å². The molecule has 0 aliphatic heterocycles. The number of aromatic amines is 1. The molecule has 3 rings (SSSR count). The molecule has 0 spiro atoms. The Hall–Kier alpha value is -2.60. The molecule has 0 bridgehead atoms.